The van der Waals surface area contributed by atoms with Gasteiger partial charge in [-0.1, -0.05) is 12.1 Å². The van der Waals surface area contributed by atoms with Gasteiger partial charge in [-0.05, 0) is 59.8 Å². The average Bonchev–Trinajstić information content (AvgIpc) is 3.47. The van der Waals surface area contributed by atoms with E-state index in [2.05, 4.69) is 9.82 Å². The molecule has 10 heteroatoms. The van der Waals surface area contributed by atoms with E-state index in [0.29, 0.717) is 29.1 Å². The number of nitrogens with one attached hydrogen (secondary N) is 1. The first-order chi connectivity index (χ1) is 14.4. The minimum absolute atomic E-state index is 0.0254. The molecule has 0 fully saturated rings. The van der Waals surface area contributed by atoms with Gasteiger partial charge >= 0.3 is 0 Å². The summed E-state index contributed by atoms with van der Waals surface area (Å²) >= 11 is 7.37. The second-order valence-corrected chi connectivity index (χ2v) is 9.82. The minimum atomic E-state index is -3.40. The molecule has 0 aliphatic carbocycles. The Labute approximate surface area is 183 Å². The Morgan fingerprint density at radius 2 is 2.17 bits per heavy atom. The van der Waals surface area contributed by atoms with Gasteiger partial charge in [0.25, 0.3) is 5.91 Å². The fourth-order valence-electron chi connectivity index (χ4n) is 3.13. The van der Waals surface area contributed by atoms with Crippen molar-refractivity contribution in [2.24, 2.45) is 5.10 Å². The van der Waals surface area contributed by atoms with Crippen LogP contribution in [0.15, 0.2) is 62.7 Å². The number of hydrogen-bond acceptors (Lipinski definition) is 6. The van der Waals surface area contributed by atoms with E-state index in [1.807, 2.05) is 11.4 Å². The summed E-state index contributed by atoms with van der Waals surface area (Å²) in [5.41, 5.74) is 2.34. The molecule has 156 valence electrons. The van der Waals surface area contributed by atoms with E-state index in [-0.39, 0.29) is 16.9 Å². The van der Waals surface area contributed by atoms with Crippen LogP contribution in [0.5, 0.6) is 0 Å². The number of furan rings is 1. The van der Waals surface area contributed by atoms with Crippen LogP contribution in [0.2, 0.25) is 5.22 Å². The van der Waals surface area contributed by atoms with Gasteiger partial charge in [0.15, 0.2) is 5.22 Å². The third kappa shape index (κ3) is 4.28. The Balaban J connectivity index is 1.68. The normalized spacial score (nSPS) is 16.5. The fraction of sp³-hybridized carbons (Fsp3) is 0.200. The van der Waals surface area contributed by atoms with Crippen LogP contribution in [0, 0.1) is 0 Å². The van der Waals surface area contributed by atoms with Crippen molar-refractivity contribution in [1.82, 2.24) is 5.01 Å². The molecule has 1 N–H and O–H groups in total. The molecule has 2 aromatic heterocycles. The number of carbonyl (C=O) groups excluding carboxylic acids is 1. The zero-order valence-corrected chi connectivity index (χ0v) is 18.3. The first-order valence-electron chi connectivity index (χ1n) is 9.15. The van der Waals surface area contributed by atoms with Crippen molar-refractivity contribution in [1.29, 1.82) is 0 Å². The highest BCUT2D eigenvalue weighted by molar-refractivity contribution is 7.92. The zero-order valence-electron chi connectivity index (χ0n) is 15.9. The van der Waals surface area contributed by atoms with Crippen molar-refractivity contribution in [3.63, 3.8) is 0 Å². The van der Waals surface area contributed by atoms with Gasteiger partial charge in [0.2, 0.25) is 10.0 Å². The molecule has 1 aromatic carbocycles. The summed E-state index contributed by atoms with van der Waals surface area (Å²) in [6.07, 6.45) is 0.406. The maximum absolute atomic E-state index is 13.0. The third-order valence-corrected chi connectivity index (χ3v) is 6.85. The minimum Gasteiger partial charge on any atom is -0.447 e. The number of sulfonamides is 1. The Morgan fingerprint density at radius 3 is 2.83 bits per heavy atom. The lowest BCUT2D eigenvalue weighted by Crippen LogP contribution is -2.26. The molecule has 1 amide bonds. The van der Waals surface area contributed by atoms with E-state index < -0.39 is 16.1 Å². The van der Waals surface area contributed by atoms with Gasteiger partial charge in [-0.3, -0.25) is 9.52 Å². The molecule has 7 nitrogen and oxygen atoms in total. The topological polar surface area (TPSA) is 92.0 Å². The molecular formula is C20H18ClN3O4S2. The van der Waals surface area contributed by atoms with E-state index in [1.165, 1.54) is 16.3 Å². The van der Waals surface area contributed by atoms with Gasteiger partial charge in [0.05, 0.1) is 17.0 Å². The molecule has 0 radical (unpaired) electrons. The van der Waals surface area contributed by atoms with Crippen molar-refractivity contribution >= 4 is 50.3 Å². The lowest BCUT2D eigenvalue weighted by atomic mass is 10.0. The van der Waals surface area contributed by atoms with E-state index in [4.69, 9.17) is 16.0 Å². The predicted octanol–water partition coefficient (Wildman–Crippen LogP) is 4.75. The lowest BCUT2D eigenvalue weighted by molar-refractivity contribution is 0.0693. The Morgan fingerprint density at radius 1 is 1.33 bits per heavy atom. The van der Waals surface area contributed by atoms with Crippen molar-refractivity contribution in [2.45, 2.75) is 19.4 Å². The number of halogens is 1. The van der Waals surface area contributed by atoms with Crippen LogP contribution in [0.1, 0.15) is 41.1 Å². The summed E-state index contributed by atoms with van der Waals surface area (Å²) in [4.78, 5) is 13.0. The molecule has 1 atom stereocenters. The van der Waals surface area contributed by atoms with Crippen LogP contribution >= 0.6 is 22.9 Å². The summed E-state index contributed by atoms with van der Waals surface area (Å²) in [6.45, 7) is 1.57. The van der Waals surface area contributed by atoms with Crippen molar-refractivity contribution in [2.75, 3.05) is 10.5 Å². The maximum Gasteiger partial charge on any atom is 0.275 e. The summed E-state index contributed by atoms with van der Waals surface area (Å²) in [5, 5.41) is 9.79. The number of hydrazone groups is 1. The van der Waals surface area contributed by atoms with Gasteiger partial charge in [-0.25, -0.2) is 13.4 Å². The Hall–Kier alpha value is -2.62. The second-order valence-electron chi connectivity index (χ2n) is 6.66. The monoisotopic (exact) mass is 463 g/mol. The molecule has 30 heavy (non-hydrogen) atoms. The molecule has 3 heterocycles. The molecule has 1 aliphatic heterocycles. The van der Waals surface area contributed by atoms with Gasteiger partial charge in [0, 0.05) is 17.5 Å². The highest BCUT2D eigenvalue weighted by atomic mass is 35.5. The van der Waals surface area contributed by atoms with E-state index in [1.54, 1.807) is 48.7 Å². The van der Waals surface area contributed by atoms with Crippen molar-refractivity contribution in [3.8, 4) is 0 Å². The van der Waals surface area contributed by atoms with Gasteiger partial charge in [0.1, 0.15) is 11.8 Å². The zero-order chi connectivity index (χ0) is 21.3. The number of thiophene rings is 1. The molecule has 0 bridgehead atoms. The largest absolute Gasteiger partial charge is 0.447 e. The van der Waals surface area contributed by atoms with Crippen molar-refractivity contribution < 1.29 is 17.6 Å². The molecule has 0 saturated heterocycles. The van der Waals surface area contributed by atoms with E-state index >= 15 is 0 Å². The second kappa shape index (κ2) is 8.25. The van der Waals surface area contributed by atoms with Gasteiger partial charge < -0.3 is 4.42 Å². The van der Waals surface area contributed by atoms with Crippen LogP contribution in [0.3, 0.4) is 0 Å². The predicted molar refractivity (Wildman–Crippen MR) is 118 cm³/mol. The number of rotatable bonds is 6. The number of amides is 1. The smallest absolute Gasteiger partial charge is 0.275 e. The summed E-state index contributed by atoms with van der Waals surface area (Å²) < 4.78 is 31.9. The first-order valence-corrected chi connectivity index (χ1v) is 12.1. The fourth-order valence-corrected chi connectivity index (χ4v) is 4.55. The van der Waals surface area contributed by atoms with E-state index in [9.17, 15) is 13.2 Å². The molecule has 0 spiro atoms. The number of anilines is 1. The highest BCUT2D eigenvalue weighted by Crippen LogP contribution is 2.36. The summed E-state index contributed by atoms with van der Waals surface area (Å²) in [7, 11) is -3.40. The Bertz CT molecular complexity index is 1200. The quantitative estimate of drug-likeness (QED) is 0.571. The third-order valence-electron chi connectivity index (χ3n) is 4.66. The average molecular weight is 464 g/mol. The van der Waals surface area contributed by atoms with Gasteiger partial charge in [-0.2, -0.15) is 16.4 Å². The lowest BCUT2D eigenvalue weighted by Gasteiger charge is -2.19. The maximum atomic E-state index is 13.0. The van der Waals surface area contributed by atoms with Crippen LogP contribution in [-0.4, -0.2) is 30.8 Å². The highest BCUT2D eigenvalue weighted by Gasteiger charge is 2.36. The number of carbonyl (C=O) groups is 1. The number of nitrogens with zero attached hydrogens (tertiary/aromatic N) is 2. The number of benzene rings is 1. The molecule has 3 aromatic rings. The molecular weight excluding hydrogens is 446 g/mol. The Kier molecular flexibility index (Phi) is 5.68. The number of hydrogen-bond donors (Lipinski definition) is 1. The van der Waals surface area contributed by atoms with Gasteiger partial charge in [-0.15, -0.1) is 0 Å². The summed E-state index contributed by atoms with van der Waals surface area (Å²) in [6, 6.07) is 11.6. The van der Waals surface area contributed by atoms with Crippen LogP contribution in [0.25, 0.3) is 0 Å². The molecule has 1 aliphatic rings. The molecule has 0 saturated carbocycles. The van der Waals surface area contributed by atoms with E-state index in [0.717, 1.165) is 5.56 Å². The van der Waals surface area contributed by atoms with Crippen LogP contribution in [0.4, 0.5) is 5.69 Å². The molecule has 4 rings (SSSR count). The van der Waals surface area contributed by atoms with Crippen molar-refractivity contribution in [3.05, 3.63) is 75.3 Å². The van der Waals surface area contributed by atoms with Crippen LogP contribution < -0.4 is 4.72 Å². The van der Waals surface area contributed by atoms with Crippen LogP contribution in [-0.2, 0) is 10.0 Å². The standard InChI is InChI=1S/C20H18ClN3O4S2/c1-2-30(26,27)23-15-5-3-4-13(10-15)16-11-17(18-6-7-19(21)28-18)24(22-16)20(25)14-8-9-29-12-14/h3-10,12,17,23H,2,11H2,1H3. The summed E-state index contributed by atoms with van der Waals surface area (Å²) in [5.74, 6) is 0.263. The molecule has 1 unspecified atom stereocenters. The SMILES string of the molecule is CCS(=O)(=O)Nc1cccc(C2=NN(C(=O)c3ccsc3)C(c3ccc(Cl)o3)C2)c1. The first kappa shape index (κ1) is 20.6.